The van der Waals surface area contributed by atoms with Crippen LogP contribution in [0.5, 0.6) is 0 Å². The molecule has 0 aliphatic heterocycles. The fraction of sp³-hybridized carbons (Fsp3) is 0.529. The lowest BCUT2D eigenvalue weighted by Crippen LogP contribution is -1.97. The lowest BCUT2D eigenvalue weighted by molar-refractivity contribution is -0.105. The maximum atomic E-state index is 10.2. The van der Waals surface area contributed by atoms with Gasteiger partial charge < -0.3 is 11.1 Å². The van der Waals surface area contributed by atoms with Gasteiger partial charge in [-0.3, -0.25) is 4.79 Å². The van der Waals surface area contributed by atoms with Gasteiger partial charge in [-0.15, -0.1) is 0 Å². The van der Waals surface area contributed by atoms with E-state index in [0.717, 1.165) is 11.1 Å². The van der Waals surface area contributed by atoms with Gasteiger partial charge in [0, 0.05) is 6.20 Å². The summed E-state index contributed by atoms with van der Waals surface area (Å²) >= 11 is 0. The number of aromatic nitrogens is 1. The van der Waals surface area contributed by atoms with Crippen LogP contribution in [0.3, 0.4) is 0 Å². The summed E-state index contributed by atoms with van der Waals surface area (Å²) in [6.45, 7) is 15.9. The van der Waals surface area contributed by atoms with E-state index in [1.807, 2.05) is 73.6 Å². The average Bonchev–Trinajstić information content (AvgIpc) is 2.59. The van der Waals surface area contributed by atoms with Crippen LogP contribution in [0.15, 0.2) is 18.3 Å². The summed E-state index contributed by atoms with van der Waals surface area (Å²) in [5.74, 6) is 0.578. The zero-order chi connectivity index (χ0) is 17.7. The van der Waals surface area contributed by atoms with Gasteiger partial charge in [0.25, 0.3) is 0 Å². The number of rotatable bonds is 3. The highest BCUT2D eigenvalue weighted by Crippen LogP contribution is 2.12. The van der Waals surface area contributed by atoms with Crippen molar-refractivity contribution in [3.05, 3.63) is 29.5 Å². The number of hydrogen-bond acceptors (Lipinski definition) is 3. The summed E-state index contributed by atoms with van der Waals surface area (Å²) in [4.78, 5) is 14.2. The van der Waals surface area contributed by atoms with E-state index in [9.17, 15) is 4.79 Å². The van der Waals surface area contributed by atoms with E-state index in [2.05, 4.69) is 16.0 Å². The van der Waals surface area contributed by atoms with Crippen LogP contribution >= 0.6 is 0 Å². The summed E-state index contributed by atoms with van der Waals surface area (Å²) in [7, 11) is 1.50. The first-order valence-electron chi connectivity index (χ1n) is 7.65. The second-order valence-electron chi connectivity index (χ2n) is 2.69. The molecule has 0 aliphatic rings. The maximum absolute atomic E-state index is 10.2. The molecule has 1 heterocycles. The summed E-state index contributed by atoms with van der Waals surface area (Å²) in [5.41, 5.74) is 6.66. The van der Waals surface area contributed by atoms with Crippen LogP contribution in [0.2, 0.25) is 0 Å². The molecule has 4 nitrogen and oxygen atoms in total. The molecule has 0 unspecified atom stereocenters. The minimum absolute atomic E-state index is 0.578. The highest BCUT2D eigenvalue weighted by atomic mass is 16.1. The molecule has 1 rings (SSSR count). The number of anilines is 1. The Morgan fingerprint density at radius 3 is 1.95 bits per heavy atom. The minimum Gasteiger partial charge on any atom is -0.333 e. The molecular weight excluding hydrogens is 262 g/mol. The van der Waals surface area contributed by atoms with Gasteiger partial charge in [-0.1, -0.05) is 53.7 Å². The summed E-state index contributed by atoms with van der Waals surface area (Å²) < 4.78 is 0. The lowest BCUT2D eigenvalue weighted by atomic mass is 10.1. The van der Waals surface area contributed by atoms with Gasteiger partial charge in [0.1, 0.15) is 5.82 Å². The molecule has 1 aromatic heterocycles. The maximum Gasteiger partial charge on any atom is 0.212 e. The van der Waals surface area contributed by atoms with E-state index in [-0.39, 0.29) is 0 Å². The molecule has 0 saturated heterocycles. The molecule has 0 atom stereocenters. The third-order valence-corrected chi connectivity index (χ3v) is 1.70. The number of carbonyl (C=O) groups excluding carboxylic acids is 1. The molecule has 0 saturated carbocycles. The zero-order valence-corrected chi connectivity index (χ0v) is 15.3. The van der Waals surface area contributed by atoms with Crippen LogP contribution < -0.4 is 11.1 Å². The number of amides is 1. The molecule has 0 aliphatic carbocycles. The number of nitrogens with one attached hydrogen (secondary N) is 1. The van der Waals surface area contributed by atoms with Crippen molar-refractivity contribution in [1.82, 2.24) is 4.98 Å². The Morgan fingerprint density at radius 2 is 1.57 bits per heavy atom. The Labute approximate surface area is 131 Å². The smallest absolute Gasteiger partial charge is 0.212 e. The minimum atomic E-state index is 0.578. The van der Waals surface area contributed by atoms with Crippen molar-refractivity contribution in [2.45, 2.75) is 55.4 Å². The third kappa shape index (κ3) is 16.3. The van der Waals surface area contributed by atoms with Crippen molar-refractivity contribution >= 4 is 18.3 Å². The van der Waals surface area contributed by atoms with Gasteiger partial charge in [0.05, 0.1) is 0 Å². The normalized spacial score (nSPS) is 7.52. The van der Waals surface area contributed by atoms with Gasteiger partial charge >= 0.3 is 0 Å². The van der Waals surface area contributed by atoms with Gasteiger partial charge in [-0.2, -0.15) is 0 Å². The second kappa shape index (κ2) is 26.8. The Balaban J connectivity index is -0.000000156. The van der Waals surface area contributed by atoms with Gasteiger partial charge in [-0.05, 0) is 38.1 Å². The molecular formula is C17H35N3O. The largest absolute Gasteiger partial charge is 0.333 e. The number of nitrogens with two attached hydrogens (primary N) is 1. The fourth-order valence-corrected chi connectivity index (χ4v) is 1.04. The average molecular weight is 297 g/mol. The molecule has 0 bridgehead atoms. The highest BCUT2D eigenvalue weighted by Gasteiger charge is 1.97. The van der Waals surface area contributed by atoms with E-state index < -0.39 is 0 Å². The SMILES string of the molecule is C/C=C\c1cc(NC=O)ncc1C.CC.CC.CC.CN. The van der Waals surface area contributed by atoms with Crippen molar-refractivity contribution < 1.29 is 4.79 Å². The number of hydrogen-bond donors (Lipinski definition) is 2. The standard InChI is InChI=1S/C10H12N2O.3C2H6.CH5N/c1-3-4-9-5-10(12-7-13)11-6-8(9)2;4*1-2/h3-7H,1-2H3,(H,11,12,13);3*1-2H3;2H2,1H3/b4-3-;;;;. The number of carbonyl (C=O) groups is 1. The predicted octanol–water partition coefficient (Wildman–Crippen LogP) is 4.64. The number of nitrogens with zero attached hydrogens (tertiary/aromatic N) is 1. The van der Waals surface area contributed by atoms with E-state index in [1.165, 1.54) is 7.05 Å². The molecule has 0 radical (unpaired) electrons. The molecule has 21 heavy (non-hydrogen) atoms. The number of allylic oxidation sites excluding steroid dienone is 1. The van der Waals surface area contributed by atoms with Crippen molar-refractivity contribution in [2.24, 2.45) is 5.73 Å². The van der Waals surface area contributed by atoms with E-state index in [0.29, 0.717) is 12.2 Å². The predicted molar refractivity (Wildman–Crippen MR) is 97.5 cm³/mol. The lowest BCUT2D eigenvalue weighted by Gasteiger charge is -2.02. The van der Waals surface area contributed by atoms with Crippen LogP contribution in [0, 0.1) is 6.92 Å². The van der Waals surface area contributed by atoms with Crippen LogP contribution in [-0.2, 0) is 4.79 Å². The quantitative estimate of drug-likeness (QED) is 0.798. The van der Waals surface area contributed by atoms with E-state index in [1.54, 1.807) is 6.20 Å². The Kier molecular flexibility index (Phi) is 35.3. The molecule has 0 aromatic carbocycles. The number of aryl methyl sites for hydroxylation is 1. The molecule has 0 spiro atoms. The molecule has 3 N–H and O–H groups in total. The van der Waals surface area contributed by atoms with Crippen molar-refractivity contribution in [1.29, 1.82) is 0 Å². The Bertz CT molecular complexity index is 337. The summed E-state index contributed by atoms with van der Waals surface area (Å²) in [6, 6.07) is 1.84. The zero-order valence-electron chi connectivity index (χ0n) is 15.3. The molecule has 0 fully saturated rings. The Hall–Kier alpha value is -1.68. The van der Waals surface area contributed by atoms with Crippen LogP contribution in [0.4, 0.5) is 5.82 Å². The van der Waals surface area contributed by atoms with Crippen LogP contribution in [-0.4, -0.2) is 18.4 Å². The Morgan fingerprint density at radius 1 is 1.10 bits per heavy atom. The molecule has 1 aromatic rings. The first-order valence-corrected chi connectivity index (χ1v) is 7.65. The first kappa shape index (κ1) is 27.6. The van der Waals surface area contributed by atoms with Gasteiger partial charge in [-0.25, -0.2) is 4.98 Å². The highest BCUT2D eigenvalue weighted by molar-refractivity contribution is 5.70. The second-order valence-corrected chi connectivity index (χ2v) is 2.69. The van der Waals surface area contributed by atoms with Crippen molar-refractivity contribution in [2.75, 3.05) is 12.4 Å². The molecule has 1 amide bonds. The van der Waals surface area contributed by atoms with Crippen LogP contribution in [0.25, 0.3) is 6.08 Å². The summed E-state index contributed by atoms with van der Waals surface area (Å²) in [5, 5.41) is 2.51. The fourth-order valence-electron chi connectivity index (χ4n) is 1.04. The van der Waals surface area contributed by atoms with Gasteiger partial charge in [0.15, 0.2) is 0 Å². The van der Waals surface area contributed by atoms with Crippen molar-refractivity contribution in [3.8, 4) is 0 Å². The van der Waals surface area contributed by atoms with E-state index in [4.69, 9.17) is 0 Å². The monoisotopic (exact) mass is 297 g/mol. The van der Waals surface area contributed by atoms with Crippen molar-refractivity contribution in [3.63, 3.8) is 0 Å². The first-order chi connectivity index (χ1) is 10.3. The topological polar surface area (TPSA) is 68.0 Å². The summed E-state index contributed by atoms with van der Waals surface area (Å²) in [6.07, 6.45) is 6.29. The molecule has 124 valence electrons. The third-order valence-electron chi connectivity index (χ3n) is 1.70. The molecule has 4 heteroatoms. The van der Waals surface area contributed by atoms with E-state index >= 15 is 0 Å². The number of pyridine rings is 1. The van der Waals surface area contributed by atoms with Crippen LogP contribution in [0.1, 0.15) is 59.6 Å². The van der Waals surface area contributed by atoms with Gasteiger partial charge in [0.2, 0.25) is 6.41 Å².